The van der Waals surface area contributed by atoms with Gasteiger partial charge in [0.25, 0.3) is 0 Å². The van der Waals surface area contributed by atoms with E-state index in [0.29, 0.717) is 18.7 Å². The molecule has 36 heavy (non-hydrogen) atoms. The van der Waals surface area contributed by atoms with Crippen LogP contribution in [0, 0.1) is 12.7 Å². The Morgan fingerprint density at radius 1 is 1.14 bits per heavy atom. The van der Waals surface area contributed by atoms with Crippen molar-refractivity contribution in [1.29, 1.82) is 0 Å². The van der Waals surface area contributed by atoms with Gasteiger partial charge in [-0.3, -0.25) is 4.99 Å². The minimum absolute atomic E-state index is 0.197. The van der Waals surface area contributed by atoms with E-state index in [4.69, 9.17) is 14.5 Å². The smallest absolute Gasteiger partial charge is 0.129 e. The summed E-state index contributed by atoms with van der Waals surface area (Å²) >= 11 is 0. The molecule has 0 aliphatic heterocycles. The molecule has 0 amide bonds. The maximum atomic E-state index is 14.1. The number of nitrogens with one attached hydrogen (secondary N) is 1. The summed E-state index contributed by atoms with van der Waals surface area (Å²) in [5, 5.41) is 3.40. The normalized spacial score (nSPS) is 15.1. The zero-order valence-corrected chi connectivity index (χ0v) is 22.3. The Balaban J connectivity index is 1.96. The molecule has 0 saturated heterocycles. The molecule has 0 spiro atoms. The lowest BCUT2D eigenvalue weighted by molar-refractivity contribution is 0.154. The molecule has 0 aromatic heterocycles. The van der Waals surface area contributed by atoms with Crippen LogP contribution in [0.3, 0.4) is 0 Å². The second kappa shape index (κ2) is 14.0. The van der Waals surface area contributed by atoms with Crippen molar-refractivity contribution in [2.24, 2.45) is 4.99 Å². The van der Waals surface area contributed by atoms with Crippen LogP contribution in [0.2, 0.25) is 0 Å². The molecular weight excluding hydrogens is 451 g/mol. The lowest BCUT2D eigenvalue weighted by Gasteiger charge is -2.25. The van der Waals surface area contributed by atoms with Crippen LogP contribution in [0.15, 0.2) is 53.5 Å². The molecular formula is C31H41FN2O2. The summed E-state index contributed by atoms with van der Waals surface area (Å²) < 4.78 is 26.0. The quantitative estimate of drug-likeness (QED) is 0.307. The molecule has 2 aromatic rings. The average molecular weight is 493 g/mol. The number of benzene rings is 2. The third-order valence-corrected chi connectivity index (χ3v) is 6.65. The molecule has 3 rings (SSSR count). The van der Waals surface area contributed by atoms with Crippen LogP contribution in [0.4, 0.5) is 4.39 Å². The fraction of sp³-hybridized carbons (Fsp3) is 0.452. The van der Waals surface area contributed by atoms with Crippen LogP contribution in [-0.2, 0) is 11.3 Å². The number of ether oxygens (including phenoxy) is 2. The lowest BCUT2D eigenvalue weighted by atomic mass is 9.97. The summed E-state index contributed by atoms with van der Waals surface area (Å²) in [5.41, 5.74) is 6.23. The van der Waals surface area contributed by atoms with Crippen molar-refractivity contribution in [3.8, 4) is 5.75 Å². The minimum atomic E-state index is -0.197. The van der Waals surface area contributed by atoms with Crippen LogP contribution in [0.25, 0.3) is 11.4 Å². The van der Waals surface area contributed by atoms with E-state index >= 15 is 0 Å². The Labute approximate surface area is 216 Å². The second-order valence-corrected chi connectivity index (χ2v) is 9.46. The molecule has 1 N–H and O–H groups in total. The van der Waals surface area contributed by atoms with Gasteiger partial charge >= 0.3 is 0 Å². The van der Waals surface area contributed by atoms with Gasteiger partial charge in [-0.25, -0.2) is 4.39 Å². The van der Waals surface area contributed by atoms with Crippen molar-refractivity contribution >= 4 is 17.6 Å². The maximum absolute atomic E-state index is 14.1. The van der Waals surface area contributed by atoms with E-state index in [2.05, 4.69) is 37.9 Å². The molecule has 0 atom stereocenters. The van der Waals surface area contributed by atoms with Crippen molar-refractivity contribution < 1.29 is 13.9 Å². The van der Waals surface area contributed by atoms with Gasteiger partial charge in [-0.05, 0) is 86.4 Å². The van der Waals surface area contributed by atoms with Gasteiger partial charge in [0.1, 0.15) is 11.6 Å². The first-order valence-electron chi connectivity index (χ1n) is 13.2. The molecule has 1 saturated carbocycles. The van der Waals surface area contributed by atoms with Crippen LogP contribution >= 0.6 is 0 Å². The van der Waals surface area contributed by atoms with Gasteiger partial charge in [0, 0.05) is 36.7 Å². The topological polar surface area (TPSA) is 42.9 Å². The van der Waals surface area contributed by atoms with Gasteiger partial charge in [-0.15, -0.1) is 0 Å². The van der Waals surface area contributed by atoms with Gasteiger partial charge in [0.05, 0.1) is 18.4 Å². The van der Waals surface area contributed by atoms with E-state index in [1.165, 1.54) is 19.3 Å². The number of hydrogen-bond acceptors (Lipinski definition) is 4. The first kappa shape index (κ1) is 27.7. The highest BCUT2D eigenvalue weighted by atomic mass is 19.1. The summed E-state index contributed by atoms with van der Waals surface area (Å²) in [6.07, 6.45) is 9.67. The number of aryl methyl sites for hydroxylation is 1. The van der Waals surface area contributed by atoms with E-state index in [1.54, 1.807) is 26.2 Å². The largest absolute Gasteiger partial charge is 0.490 e. The molecule has 0 heterocycles. The Morgan fingerprint density at radius 2 is 1.92 bits per heavy atom. The minimum Gasteiger partial charge on any atom is -0.490 e. The zero-order chi connectivity index (χ0) is 25.9. The SMILES string of the molecule is C=C(NCc1ccc(C)c(F)c1)c1cc(C(/N=C\CC)=C(/CC)COC)ccc1OC1CCCCC1. The number of halogens is 1. The van der Waals surface area contributed by atoms with E-state index < -0.39 is 0 Å². The van der Waals surface area contributed by atoms with E-state index in [0.717, 1.165) is 65.1 Å². The Morgan fingerprint density at radius 3 is 2.58 bits per heavy atom. The van der Waals surface area contributed by atoms with Gasteiger partial charge in [0.2, 0.25) is 0 Å². The molecule has 1 aliphatic carbocycles. The fourth-order valence-electron chi connectivity index (χ4n) is 4.49. The third kappa shape index (κ3) is 7.54. The lowest BCUT2D eigenvalue weighted by Crippen LogP contribution is -2.21. The van der Waals surface area contributed by atoms with Crippen LogP contribution in [-0.4, -0.2) is 26.0 Å². The summed E-state index contributed by atoms with van der Waals surface area (Å²) in [6.45, 7) is 11.3. The zero-order valence-electron chi connectivity index (χ0n) is 22.3. The fourth-order valence-corrected chi connectivity index (χ4v) is 4.49. The third-order valence-electron chi connectivity index (χ3n) is 6.65. The maximum Gasteiger partial charge on any atom is 0.129 e. The standard InChI is InChI=1S/C31H41FN2O2/c1-6-17-33-31(25(7-2)21-35-5)26-15-16-30(36-27-11-9-8-10-12-27)28(19-26)23(4)34-20-24-14-13-22(3)29(32)18-24/h13-19,27,34H,4,6-12,20-21H2,1-3,5H3/b31-25+,33-17-. The Hall–Kier alpha value is -2.92. The van der Waals surface area contributed by atoms with E-state index in [9.17, 15) is 4.39 Å². The summed E-state index contributed by atoms with van der Waals surface area (Å²) in [7, 11) is 1.71. The number of methoxy groups -OCH3 is 1. The second-order valence-electron chi connectivity index (χ2n) is 9.46. The monoisotopic (exact) mass is 492 g/mol. The number of nitrogens with zero attached hydrogens (tertiary/aromatic N) is 1. The highest BCUT2D eigenvalue weighted by Crippen LogP contribution is 2.33. The summed E-state index contributed by atoms with van der Waals surface area (Å²) in [4.78, 5) is 4.80. The van der Waals surface area contributed by atoms with Gasteiger partial charge in [0.15, 0.2) is 0 Å². The van der Waals surface area contributed by atoms with Crippen molar-refractivity contribution in [2.45, 2.75) is 78.4 Å². The first-order chi connectivity index (χ1) is 17.5. The van der Waals surface area contributed by atoms with Gasteiger partial charge in [-0.1, -0.05) is 39.0 Å². The predicted octanol–water partition coefficient (Wildman–Crippen LogP) is 7.85. The number of hydrogen-bond donors (Lipinski definition) is 1. The molecule has 0 radical (unpaired) electrons. The average Bonchev–Trinajstić information content (AvgIpc) is 2.89. The van der Waals surface area contributed by atoms with Crippen LogP contribution in [0.1, 0.15) is 81.0 Å². The number of aliphatic imine (C=N–C) groups is 1. The Kier molecular flexibility index (Phi) is 10.7. The van der Waals surface area contributed by atoms with Crippen molar-refractivity contribution in [3.05, 3.63) is 76.6 Å². The Bertz CT molecular complexity index is 1080. The molecule has 5 heteroatoms. The molecule has 2 aromatic carbocycles. The van der Waals surface area contributed by atoms with Crippen molar-refractivity contribution in [3.63, 3.8) is 0 Å². The van der Waals surface area contributed by atoms with Crippen molar-refractivity contribution in [1.82, 2.24) is 5.32 Å². The predicted molar refractivity (Wildman–Crippen MR) is 149 cm³/mol. The molecule has 0 unspecified atom stereocenters. The van der Waals surface area contributed by atoms with Gasteiger partial charge < -0.3 is 14.8 Å². The van der Waals surface area contributed by atoms with Gasteiger partial charge in [-0.2, -0.15) is 0 Å². The molecule has 194 valence electrons. The molecule has 4 nitrogen and oxygen atoms in total. The summed E-state index contributed by atoms with van der Waals surface area (Å²) in [6, 6.07) is 11.5. The first-order valence-corrected chi connectivity index (χ1v) is 13.2. The highest BCUT2D eigenvalue weighted by Gasteiger charge is 2.19. The molecule has 1 fully saturated rings. The van der Waals surface area contributed by atoms with Crippen LogP contribution < -0.4 is 10.1 Å². The molecule has 1 aliphatic rings. The summed E-state index contributed by atoms with van der Waals surface area (Å²) in [5.74, 6) is 0.624. The number of rotatable bonds is 12. The van der Waals surface area contributed by atoms with Crippen LogP contribution in [0.5, 0.6) is 5.75 Å². The van der Waals surface area contributed by atoms with Crippen molar-refractivity contribution in [2.75, 3.05) is 13.7 Å². The highest BCUT2D eigenvalue weighted by molar-refractivity contribution is 5.79. The van der Waals surface area contributed by atoms with E-state index in [1.807, 2.05) is 18.3 Å². The molecule has 0 bridgehead atoms. The van der Waals surface area contributed by atoms with E-state index in [-0.39, 0.29) is 11.9 Å².